The van der Waals surface area contributed by atoms with E-state index in [0.29, 0.717) is 5.56 Å². The number of carbonyl (C=O) groups is 1. The van der Waals surface area contributed by atoms with Crippen LogP contribution < -0.4 is 15.5 Å². The zero-order valence-corrected chi connectivity index (χ0v) is 12.5. The molecule has 3 heterocycles. The van der Waals surface area contributed by atoms with E-state index in [2.05, 4.69) is 24.1 Å². The van der Waals surface area contributed by atoms with Gasteiger partial charge in [-0.2, -0.15) is 4.37 Å². The van der Waals surface area contributed by atoms with Crippen LogP contribution >= 0.6 is 11.5 Å². The summed E-state index contributed by atoms with van der Waals surface area (Å²) >= 11 is 1.42. The van der Waals surface area contributed by atoms with Gasteiger partial charge in [0, 0.05) is 50.1 Å². The second-order valence-corrected chi connectivity index (χ2v) is 5.59. The van der Waals surface area contributed by atoms with Crippen molar-refractivity contribution in [1.29, 1.82) is 0 Å². The van der Waals surface area contributed by atoms with Crippen LogP contribution in [-0.4, -0.2) is 46.4 Å². The molecule has 2 N–H and O–H groups in total. The van der Waals surface area contributed by atoms with Crippen molar-refractivity contribution >= 4 is 28.3 Å². The monoisotopic (exact) mass is 304 g/mol. The fourth-order valence-electron chi connectivity index (χ4n) is 2.41. The summed E-state index contributed by atoms with van der Waals surface area (Å²) in [6, 6.07) is 1.84. The van der Waals surface area contributed by atoms with Crippen LogP contribution in [0.4, 0.5) is 10.8 Å². The maximum absolute atomic E-state index is 11.5. The molecule has 1 saturated heterocycles. The van der Waals surface area contributed by atoms with Crippen LogP contribution in [0.3, 0.4) is 0 Å². The summed E-state index contributed by atoms with van der Waals surface area (Å²) in [6.45, 7) is 5.20. The minimum absolute atomic E-state index is 0.444. The number of nitrogens with two attached hydrogens (primary N) is 1. The lowest BCUT2D eigenvalue weighted by atomic mass is 10.2. The number of pyridine rings is 1. The summed E-state index contributed by atoms with van der Waals surface area (Å²) in [5, 5.41) is 0.956. The van der Waals surface area contributed by atoms with Gasteiger partial charge in [0.2, 0.25) is 5.13 Å². The van der Waals surface area contributed by atoms with E-state index in [0.717, 1.165) is 42.8 Å². The summed E-state index contributed by atoms with van der Waals surface area (Å²) in [4.78, 5) is 24.2. The second-order valence-electron chi connectivity index (χ2n) is 4.86. The lowest BCUT2D eigenvalue weighted by molar-refractivity contribution is 0.100. The Labute approximate surface area is 126 Å². The molecule has 1 fully saturated rings. The number of anilines is 2. The molecule has 1 aliphatic rings. The summed E-state index contributed by atoms with van der Waals surface area (Å²) in [5.41, 5.74) is 6.73. The summed E-state index contributed by atoms with van der Waals surface area (Å²) < 4.78 is 4.21. The first-order valence-corrected chi connectivity index (χ1v) is 7.46. The summed E-state index contributed by atoms with van der Waals surface area (Å²) in [7, 11) is 0. The van der Waals surface area contributed by atoms with Gasteiger partial charge in [0.1, 0.15) is 5.82 Å². The van der Waals surface area contributed by atoms with Crippen molar-refractivity contribution in [2.75, 3.05) is 36.0 Å². The van der Waals surface area contributed by atoms with Crippen LogP contribution in [0.25, 0.3) is 0 Å². The fraction of sp³-hybridized carbons (Fsp3) is 0.385. The molecule has 3 rings (SSSR count). The Morgan fingerprint density at radius 3 is 2.62 bits per heavy atom. The van der Waals surface area contributed by atoms with Crippen molar-refractivity contribution in [2.24, 2.45) is 5.73 Å². The van der Waals surface area contributed by atoms with Crippen molar-refractivity contribution in [3.05, 3.63) is 29.8 Å². The third kappa shape index (κ3) is 2.80. The average Bonchev–Trinajstić information content (AvgIpc) is 2.94. The maximum Gasteiger partial charge on any atom is 0.252 e. The Hall–Kier alpha value is -2.22. The summed E-state index contributed by atoms with van der Waals surface area (Å²) in [6.07, 6.45) is 3.21. The SMILES string of the molecule is Cc1nsc(N2CCN(c3ccncc3C(N)=O)CC2)n1. The largest absolute Gasteiger partial charge is 0.367 e. The normalized spacial score (nSPS) is 15.3. The van der Waals surface area contributed by atoms with Gasteiger partial charge in [-0.25, -0.2) is 4.98 Å². The zero-order valence-electron chi connectivity index (χ0n) is 11.7. The number of hydrogen-bond donors (Lipinski definition) is 1. The molecular formula is C13H16N6OS. The van der Waals surface area contributed by atoms with E-state index in [-0.39, 0.29) is 0 Å². The van der Waals surface area contributed by atoms with Gasteiger partial charge in [0.05, 0.1) is 11.3 Å². The van der Waals surface area contributed by atoms with E-state index in [4.69, 9.17) is 5.73 Å². The number of aryl methyl sites for hydroxylation is 1. The van der Waals surface area contributed by atoms with Crippen LogP contribution in [0.1, 0.15) is 16.2 Å². The van der Waals surface area contributed by atoms with E-state index < -0.39 is 5.91 Å². The highest BCUT2D eigenvalue weighted by Crippen LogP contribution is 2.23. The first-order valence-electron chi connectivity index (χ1n) is 6.69. The van der Waals surface area contributed by atoms with Gasteiger partial charge in [-0.1, -0.05) is 0 Å². The van der Waals surface area contributed by atoms with Crippen LogP contribution in [0.15, 0.2) is 18.5 Å². The maximum atomic E-state index is 11.5. The van der Waals surface area contributed by atoms with Crippen molar-refractivity contribution in [2.45, 2.75) is 6.92 Å². The van der Waals surface area contributed by atoms with Crippen LogP contribution in [-0.2, 0) is 0 Å². The van der Waals surface area contributed by atoms with Crippen molar-refractivity contribution in [1.82, 2.24) is 14.3 Å². The lowest BCUT2D eigenvalue weighted by Gasteiger charge is -2.36. The lowest BCUT2D eigenvalue weighted by Crippen LogP contribution is -2.47. The molecule has 0 spiro atoms. The molecule has 0 saturated carbocycles. The van der Waals surface area contributed by atoms with Gasteiger partial charge < -0.3 is 15.5 Å². The fourth-order valence-corrected chi connectivity index (χ4v) is 3.13. The third-order valence-corrected chi connectivity index (χ3v) is 4.34. The number of aromatic nitrogens is 3. The topological polar surface area (TPSA) is 88.2 Å². The van der Waals surface area contributed by atoms with E-state index in [9.17, 15) is 4.79 Å². The predicted molar refractivity (Wildman–Crippen MR) is 81.8 cm³/mol. The molecule has 21 heavy (non-hydrogen) atoms. The highest BCUT2D eigenvalue weighted by atomic mass is 32.1. The zero-order chi connectivity index (χ0) is 14.8. The van der Waals surface area contributed by atoms with Gasteiger partial charge in [0.15, 0.2) is 0 Å². The number of primary amides is 1. The molecule has 1 amide bonds. The molecule has 110 valence electrons. The molecule has 2 aromatic heterocycles. The van der Waals surface area contributed by atoms with Gasteiger partial charge in [-0.05, 0) is 13.0 Å². The molecule has 2 aromatic rings. The molecule has 7 nitrogen and oxygen atoms in total. The van der Waals surface area contributed by atoms with E-state index in [1.165, 1.54) is 17.7 Å². The number of carbonyl (C=O) groups excluding carboxylic acids is 1. The Kier molecular flexibility index (Phi) is 3.70. The van der Waals surface area contributed by atoms with Crippen molar-refractivity contribution in [3.8, 4) is 0 Å². The van der Waals surface area contributed by atoms with Crippen LogP contribution in [0.2, 0.25) is 0 Å². The Morgan fingerprint density at radius 2 is 2.00 bits per heavy atom. The average molecular weight is 304 g/mol. The second kappa shape index (κ2) is 5.65. The number of hydrogen-bond acceptors (Lipinski definition) is 7. The minimum Gasteiger partial charge on any atom is -0.367 e. The first-order chi connectivity index (χ1) is 10.1. The number of piperazine rings is 1. The highest BCUT2D eigenvalue weighted by Gasteiger charge is 2.22. The number of nitrogens with zero attached hydrogens (tertiary/aromatic N) is 5. The van der Waals surface area contributed by atoms with Gasteiger partial charge in [0.25, 0.3) is 5.91 Å². The number of rotatable bonds is 3. The molecular weight excluding hydrogens is 288 g/mol. The smallest absolute Gasteiger partial charge is 0.252 e. The van der Waals surface area contributed by atoms with Gasteiger partial charge >= 0.3 is 0 Å². The summed E-state index contributed by atoms with van der Waals surface area (Å²) in [5.74, 6) is 0.364. The van der Waals surface area contributed by atoms with E-state index in [1.807, 2.05) is 13.0 Å². The van der Waals surface area contributed by atoms with Crippen LogP contribution in [0.5, 0.6) is 0 Å². The van der Waals surface area contributed by atoms with Crippen molar-refractivity contribution in [3.63, 3.8) is 0 Å². The minimum atomic E-state index is -0.444. The first kappa shape index (κ1) is 13.7. The highest BCUT2D eigenvalue weighted by molar-refractivity contribution is 7.09. The molecule has 8 heteroatoms. The Morgan fingerprint density at radius 1 is 1.29 bits per heavy atom. The molecule has 0 unspecified atom stereocenters. The number of amides is 1. The van der Waals surface area contributed by atoms with Crippen LogP contribution in [0, 0.1) is 6.92 Å². The molecule has 0 aliphatic carbocycles. The Bertz CT molecular complexity index is 650. The van der Waals surface area contributed by atoms with Crippen molar-refractivity contribution < 1.29 is 4.79 Å². The molecule has 1 aliphatic heterocycles. The predicted octanol–water partition coefficient (Wildman–Crippen LogP) is 0.667. The standard InChI is InChI=1S/C13H16N6OS/c1-9-16-13(21-17-9)19-6-4-18(5-7-19)11-2-3-15-8-10(11)12(14)20/h2-3,8H,4-7H2,1H3,(H2,14,20). The van der Waals surface area contributed by atoms with E-state index >= 15 is 0 Å². The molecule has 0 atom stereocenters. The molecule has 0 radical (unpaired) electrons. The van der Waals surface area contributed by atoms with Gasteiger partial charge in [-0.15, -0.1) is 0 Å². The third-order valence-electron chi connectivity index (χ3n) is 3.47. The Balaban J connectivity index is 1.73. The molecule has 0 bridgehead atoms. The van der Waals surface area contributed by atoms with E-state index in [1.54, 1.807) is 6.20 Å². The van der Waals surface area contributed by atoms with Gasteiger partial charge in [-0.3, -0.25) is 9.78 Å². The quantitative estimate of drug-likeness (QED) is 0.896. The molecule has 0 aromatic carbocycles.